The monoisotopic (exact) mass is 436 g/mol. The highest BCUT2D eigenvalue weighted by Crippen LogP contribution is 1.82. The minimum Gasteiger partial charge on any atom is -0.478 e. The van der Waals surface area contributed by atoms with Crippen LogP contribution in [0.3, 0.4) is 0 Å². The Balaban J connectivity index is -0.0000000868. The van der Waals surface area contributed by atoms with E-state index in [0.717, 1.165) is 0 Å². The minimum atomic E-state index is -0.935. The summed E-state index contributed by atoms with van der Waals surface area (Å²) in [6.45, 7) is 17.9. The van der Waals surface area contributed by atoms with Crippen molar-refractivity contribution in [1.82, 2.24) is 0 Å². The van der Waals surface area contributed by atoms with Crippen molar-refractivity contribution in [2.24, 2.45) is 11.5 Å². The molecular formula is C18H32N2O10. The van der Waals surface area contributed by atoms with Crippen LogP contribution in [0.25, 0.3) is 0 Å². The molecule has 0 radical (unpaired) electrons. The van der Waals surface area contributed by atoms with Crippen LogP contribution >= 0.6 is 0 Å². The van der Waals surface area contributed by atoms with Crippen molar-refractivity contribution in [2.45, 2.75) is 34.6 Å². The number of carboxylic acids is 3. The topological polar surface area (TPSA) is 217 Å². The van der Waals surface area contributed by atoms with E-state index in [1.54, 1.807) is 13.8 Å². The number of ether oxygens (including phenoxy) is 2. The lowest BCUT2D eigenvalue weighted by atomic mass is 10.4. The van der Waals surface area contributed by atoms with Crippen LogP contribution in [-0.2, 0) is 23.9 Å². The lowest BCUT2D eigenvalue weighted by Gasteiger charge is -1.89. The summed E-state index contributed by atoms with van der Waals surface area (Å²) in [4.78, 5) is 48.0. The summed E-state index contributed by atoms with van der Waals surface area (Å²) in [5.41, 5.74) is 9.61. The highest BCUT2D eigenvalue weighted by Gasteiger charge is 1.91. The number of hydrogen-bond acceptors (Lipinski definition) is 7. The molecule has 0 aliphatic rings. The number of amides is 2. The van der Waals surface area contributed by atoms with Gasteiger partial charge in [-0.1, -0.05) is 19.7 Å². The predicted octanol–water partition coefficient (Wildman–Crippen LogP) is 2.14. The van der Waals surface area contributed by atoms with Crippen LogP contribution < -0.4 is 11.5 Å². The van der Waals surface area contributed by atoms with Gasteiger partial charge in [-0.25, -0.2) is 24.0 Å². The van der Waals surface area contributed by atoms with Gasteiger partial charge in [0, 0.05) is 16.7 Å². The van der Waals surface area contributed by atoms with Gasteiger partial charge < -0.3 is 36.3 Å². The molecule has 0 atom stereocenters. The summed E-state index contributed by atoms with van der Waals surface area (Å²) in [6, 6.07) is 0. The van der Waals surface area contributed by atoms with Gasteiger partial charge in [0.15, 0.2) is 0 Å². The molecule has 0 heterocycles. The second-order valence-corrected chi connectivity index (χ2v) is 4.76. The van der Waals surface area contributed by atoms with Crippen LogP contribution in [-0.4, -0.2) is 58.6 Å². The van der Waals surface area contributed by atoms with E-state index in [1.807, 2.05) is 0 Å². The highest BCUT2D eigenvalue weighted by atomic mass is 16.5. The van der Waals surface area contributed by atoms with Gasteiger partial charge in [-0.05, 0) is 34.6 Å². The van der Waals surface area contributed by atoms with Crippen molar-refractivity contribution in [2.75, 3.05) is 13.2 Å². The third-order valence-electron chi connectivity index (χ3n) is 1.67. The average Bonchev–Trinajstić information content (AvgIpc) is 2.56. The van der Waals surface area contributed by atoms with E-state index in [-0.39, 0.29) is 16.7 Å². The summed E-state index contributed by atoms with van der Waals surface area (Å²) in [5.74, 6) is -2.81. The maximum Gasteiger partial charge on any atom is 0.404 e. The molecule has 0 unspecified atom stereocenters. The van der Waals surface area contributed by atoms with Gasteiger partial charge in [0.25, 0.3) is 0 Å². The molecule has 174 valence electrons. The third-order valence-corrected chi connectivity index (χ3v) is 1.67. The molecule has 12 heteroatoms. The fraction of sp³-hybridized carbons (Fsp3) is 0.389. The molecular weight excluding hydrogens is 404 g/mol. The Labute approximate surface area is 175 Å². The first-order valence-electron chi connectivity index (χ1n) is 7.98. The van der Waals surface area contributed by atoms with Gasteiger partial charge in [0.2, 0.25) is 0 Å². The number of carbonyl (C=O) groups excluding carboxylic acids is 2. The van der Waals surface area contributed by atoms with Gasteiger partial charge in [-0.2, -0.15) is 0 Å². The lowest BCUT2D eigenvalue weighted by molar-refractivity contribution is -0.133. The quantitative estimate of drug-likeness (QED) is 0.395. The molecule has 0 rings (SSSR count). The summed E-state index contributed by atoms with van der Waals surface area (Å²) < 4.78 is 8.36. The highest BCUT2D eigenvalue weighted by molar-refractivity contribution is 5.85. The van der Waals surface area contributed by atoms with Gasteiger partial charge in [0.05, 0.1) is 13.2 Å². The van der Waals surface area contributed by atoms with Crippen LogP contribution in [0.5, 0.6) is 0 Å². The molecule has 0 saturated heterocycles. The van der Waals surface area contributed by atoms with E-state index >= 15 is 0 Å². The molecule has 0 aromatic heterocycles. The van der Waals surface area contributed by atoms with Crippen LogP contribution in [0, 0.1) is 0 Å². The summed E-state index contributed by atoms with van der Waals surface area (Å²) in [5, 5.41) is 23.7. The maximum absolute atomic E-state index is 9.60. The number of carboxylic acid groups (broad SMARTS) is 3. The van der Waals surface area contributed by atoms with Gasteiger partial charge in [-0.3, -0.25) is 0 Å². The minimum absolute atomic E-state index is 0.176. The standard InChI is InChI=1S/3C4H6O2.2C3H7NO2/c3*1-3(2)4(5)6;2*1-2-6-3(4)5/h3*1H2,2H3,(H,5,6);2*2H2,1H3,(H2,4,5). The molecule has 30 heavy (non-hydrogen) atoms. The van der Waals surface area contributed by atoms with Crippen molar-refractivity contribution < 1.29 is 48.8 Å². The first-order chi connectivity index (χ1) is 13.5. The molecule has 0 fully saturated rings. The smallest absolute Gasteiger partial charge is 0.404 e. The lowest BCUT2D eigenvalue weighted by Crippen LogP contribution is -2.11. The fourth-order valence-corrected chi connectivity index (χ4v) is 0.285. The molecule has 0 aromatic rings. The second-order valence-electron chi connectivity index (χ2n) is 4.76. The molecule has 0 aliphatic heterocycles. The van der Waals surface area contributed by atoms with Crippen molar-refractivity contribution in [1.29, 1.82) is 0 Å². The van der Waals surface area contributed by atoms with Crippen molar-refractivity contribution in [3.05, 3.63) is 36.5 Å². The second kappa shape index (κ2) is 25.2. The van der Waals surface area contributed by atoms with Crippen molar-refractivity contribution >= 4 is 30.1 Å². The zero-order chi connectivity index (χ0) is 25.4. The Morgan fingerprint density at radius 3 is 0.767 bits per heavy atom. The molecule has 0 aliphatic carbocycles. The first-order valence-corrected chi connectivity index (χ1v) is 7.98. The molecule has 0 aromatic carbocycles. The van der Waals surface area contributed by atoms with Gasteiger partial charge in [-0.15, -0.1) is 0 Å². The van der Waals surface area contributed by atoms with E-state index in [0.29, 0.717) is 13.2 Å². The maximum atomic E-state index is 9.60. The number of carbonyl (C=O) groups is 5. The molecule has 7 N–H and O–H groups in total. The zero-order valence-corrected chi connectivity index (χ0v) is 17.9. The summed E-state index contributed by atoms with van der Waals surface area (Å²) >= 11 is 0. The van der Waals surface area contributed by atoms with E-state index in [1.165, 1.54) is 20.8 Å². The Morgan fingerprint density at radius 1 is 0.633 bits per heavy atom. The SMILES string of the molecule is C=C(C)C(=O)O.C=C(C)C(=O)O.C=C(C)C(=O)O.CCOC(N)=O.CCOC(N)=O. The number of hydrogen-bond donors (Lipinski definition) is 5. The number of primary amides is 2. The fourth-order valence-electron chi connectivity index (χ4n) is 0.285. The number of aliphatic carboxylic acids is 3. The first kappa shape index (κ1) is 37.0. The van der Waals surface area contributed by atoms with E-state index in [2.05, 4.69) is 40.7 Å². The van der Waals surface area contributed by atoms with Gasteiger partial charge >= 0.3 is 30.1 Å². The predicted molar refractivity (Wildman–Crippen MR) is 110 cm³/mol. The van der Waals surface area contributed by atoms with Gasteiger partial charge in [0.1, 0.15) is 0 Å². The molecule has 0 bridgehead atoms. The average molecular weight is 436 g/mol. The Kier molecular flexibility index (Phi) is 31.0. The van der Waals surface area contributed by atoms with Crippen molar-refractivity contribution in [3.8, 4) is 0 Å². The van der Waals surface area contributed by atoms with Crippen LogP contribution in [0.1, 0.15) is 34.6 Å². The Bertz CT molecular complexity index is 489. The summed E-state index contributed by atoms with van der Waals surface area (Å²) in [6.07, 6.45) is -1.42. The normalized spacial score (nSPS) is 7.50. The molecule has 0 spiro atoms. The molecule has 0 saturated carbocycles. The summed E-state index contributed by atoms with van der Waals surface area (Å²) in [7, 11) is 0. The van der Waals surface area contributed by atoms with E-state index in [4.69, 9.17) is 15.3 Å². The number of rotatable bonds is 5. The van der Waals surface area contributed by atoms with E-state index < -0.39 is 30.1 Å². The molecule has 2 amide bonds. The van der Waals surface area contributed by atoms with E-state index in [9.17, 15) is 24.0 Å². The van der Waals surface area contributed by atoms with Crippen LogP contribution in [0.15, 0.2) is 36.5 Å². The van der Waals surface area contributed by atoms with Crippen LogP contribution in [0.2, 0.25) is 0 Å². The molecule has 12 nitrogen and oxygen atoms in total. The Morgan fingerprint density at radius 2 is 0.767 bits per heavy atom. The number of nitrogens with two attached hydrogens (primary N) is 2. The zero-order valence-electron chi connectivity index (χ0n) is 17.9. The largest absolute Gasteiger partial charge is 0.478 e. The van der Waals surface area contributed by atoms with Crippen molar-refractivity contribution in [3.63, 3.8) is 0 Å². The van der Waals surface area contributed by atoms with Crippen LogP contribution in [0.4, 0.5) is 9.59 Å². The Hall–Kier alpha value is -3.83. The third kappa shape index (κ3) is 64.6.